The Hall–Kier alpha value is -0.750. The molecular formula is C11H19ClN4OS. The summed E-state index contributed by atoms with van der Waals surface area (Å²) in [7, 11) is 1.94. The topological polar surface area (TPSA) is 51.1 Å². The lowest BCUT2D eigenvalue weighted by atomic mass is 10.3. The zero-order chi connectivity index (χ0) is 13.7. The molecule has 0 fully saturated rings. The lowest BCUT2D eigenvalue weighted by Gasteiger charge is -2.24. The van der Waals surface area contributed by atoms with E-state index in [-0.39, 0.29) is 17.4 Å². The van der Waals surface area contributed by atoms with Gasteiger partial charge in [0.2, 0.25) is 11.2 Å². The van der Waals surface area contributed by atoms with E-state index in [4.69, 9.17) is 16.3 Å². The van der Waals surface area contributed by atoms with Gasteiger partial charge >= 0.3 is 6.01 Å². The minimum atomic E-state index is 0.00486. The van der Waals surface area contributed by atoms with Gasteiger partial charge in [0.05, 0.1) is 6.10 Å². The molecule has 7 heteroatoms. The predicted molar refractivity (Wildman–Crippen MR) is 76.8 cm³/mol. The van der Waals surface area contributed by atoms with E-state index >= 15 is 0 Å². The lowest BCUT2D eigenvalue weighted by Crippen LogP contribution is -2.32. The lowest BCUT2D eigenvalue weighted by molar-refractivity contribution is 0.221. The number of halogens is 1. The maximum atomic E-state index is 5.89. The number of ether oxygens (including phenoxy) is 1. The van der Waals surface area contributed by atoms with Gasteiger partial charge in [0, 0.05) is 18.8 Å². The van der Waals surface area contributed by atoms with E-state index in [1.54, 1.807) is 11.8 Å². The van der Waals surface area contributed by atoms with Crippen LogP contribution in [0.3, 0.4) is 0 Å². The van der Waals surface area contributed by atoms with Gasteiger partial charge in [-0.1, -0.05) is 0 Å². The molecule has 1 atom stereocenters. The molecule has 102 valence electrons. The highest BCUT2D eigenvalue weighted by Gasteiger charge is 2.15. The van der Waals surface area contributed by atoms with Gasteiger partial charge in [-0.25, -0.2) is 0 Å². The second-order valence-electron chi connectivity index (χ2n) is 4.27. The van der Waals surface area contributed by atoms with Crippen LogP contribution in [0.15, 0.2) is 0 Å². The SMILES string of the molecule is CSCC(C)N(C)c1nc(Cl)nc(OC(C)C)n1. The molecule has 0 radical (unpaired) electrons. The van der Waals surface area contributed by atoms with Crippen LogP contribution in [0.25, 0.3) is 0 Å². The first-order valence-electron chi connectivity index (χ1n) is 5.74. The molecule has 1 rings (SSSR count). The summed E-state index contributed by atoms with van der Waals surface area (Å²) in [5.41, 5.74) is 0. The Bertz CT molecular complexity index is 391. The van der Waals surface area contributed by atoms with E-state index < -0.39 is 0 Å². The summed E-state index contributed by atoms with van der Waals surface area (Å²) in [5.74, 6) is 1.52. The minimum absolute atomic E-state index is 0.00486. The molecule has 1 aromatic rings. The Labute approximate surface area is 117 Å². The Balaban J connectivity index is 2.91. The summed E-state index contributed by atoms with van der Waals surface area (Å²) in [6.07, 6.45) is 2.07. The van der Waals surface area contributed by atoms with Gasteiger partial charge < -0.3 is 9.64 Å². The van der Waals surface area contributed by atoms with Crippen molar-refractivity contribution in [2.24, 2.45) is 0 Å². The first-order chi connectivity index (χ1) is 8.43. The molecular weight excluding hydrogens is 272 g/mol. The van der Waals surface area contributed by atoms with Crippen LogP contribution in [0.5, 0.6) is 6.01 Å². The largest absolute Gasteiger partial charge is 0.461 e. The molecule has 5 nitrogen and oxygen atoms in total. The second kappa shape index (κ2) is 6.99. The first-order valence-corrected chi connectivity index (χ1v) is 7.51. The van der Waals surface area contributed by atoms with Gasteiger partial charge in [-0.2, -0.15) is 26.7 Å². The van der Waals surface area contributed by atoms with Crippen molar-refractivity contribution in [1.82, 2.24) is 15.0 Å². The summed E-state index contributed by atoms with van der Waals surface area (Å²) >= 11 is 7.66. The van der Waals surface area contributed by atoms with Gasteiger partial charge in [0.15, 0.2) is 0 Å². The molecule has 0 aliphatic carbocycles. The number of hydrogen-bond acceptors (Lipinski definition) is 6. The zero-order valence-electron chi connectivity index (χ0n) is 11.3. The van der Waals surface area contributed by atoms with Crippen LogP contribution in [0, 0.1) is 0 Å². The van der Waals surface area contributed by atoms with Crippen LogP contribution < -0.4 is 9.64 Å². The summed E-state index contributed by atoms with van der Waals surface area (Å²) in [6, 6.07) is 0.577. The van der Waals surface area contributed by atoms with Crippen molar-refractivity contribution in [3.8, 4) is 6.01 Å². The van der Waals surface area contributed by atoms with Crippen molar-refractivity contribution in [3.05, 3.63) is 5.28 Å². The molecule has 0 N–H and O–H groups in total. The van der Waals surface area contributed by atoms with Crippen LogP contribution >= 0.6 is 23.4 Å². The molecule has 1 unspecified atom stereocenters. The zero-order valence-corrected chi connectivity index (χ0v) is 12.9. The van der Waals surface area contributed by atoms with E-state index in [1.165, 1.54) is 0 Å². The highest BCUT2D eigenvalue weighted by atomic mass is 35.5. The second-order valence-corrected chi connectivity index (χ2v) is 5.52. The number of rotatable bonds is 6. The molecule has 0 spiro atoms. The van der Waals surface area contributed by atoms with E-state index in [2.05, 4.69) is 28.1 Å². The van der Waals surface area contributed by atoms with E-state index in [0.29, 0.717) is 12.0 Å². The normalized spacial score (nSPS) is 12.6. The number of anilines is 1. The highest BCUT2D eigenvalue weighted by molar-refractivity contribution is 7.98. The molecule has 0 saturated carbocycles. The third-order valence-corrected chi connectivity index (χ3v) is 3.29. The van der Waals surface area contributed by atoms with Crippen LogP contribution in [0.4, 0.5) is 5.95 Å². The molecule has 1 aromatic heterocycles. The standard InChI is InChI=1S/C11H19ClN4OS/c1-7(2)17-11-14-9(12)13-10(15-11)16(4)8(3)6-18-5/h7-8H,6H2,1-5H3. The van der Waals surface area contributed by atoms with Crippen molar-refractivity contribution in [2.45, 2.75) is 32.9 Å². The molecule has 18 heavy (non-hydrogen) atoms. The number of nitrogens with zero attached hydrogens (tertiary/aromatic N) is 4. The van der Waals surface area contributed by atoms with Gasteiger partial charge in [-0.05, 0) is 38.6 Å². The van der Waals surface area contributed by atoms with Crippen molar-refractivity contribution < 1.29 is 4.74 Å². The van der Waals surface area contributed by atoms with Crippen LogP contribution in [-0.2, 0) is 0 Å². The molecule has 0 aliphatic heterocycles. The van der Waals surface area contributed by atoms with Crippen LogP contribution in [-0.4, -0.2) is 46.2 Å². The molecule has 0 amide bonds. The molecule has 0 bridgehead atoms. The Morgan fingerprint density at radius 2 is 1.94 bits per heavy atom. The van der Waals surface area contributed by atoms with Crippen molar-refractivity contribution in [1.29, 1.82) is 0 Å². The summed E-state index contributed by atoms with van der Waals surface area (Å²) < 4.78 is 5.45. The van der Waals surface area contributed by atoms with Crippen LogP contribution in [0.1, 0.15) is 20.8 Å². The third-order valence-electron chi connectivity index (χ3n) is 2.30. The molecule has 1 heterocycles. The monoisotopic (exact) mass is 290 g/mol. The molecule has 0 saturated heterocycles. The smallest absolute Gasteiger partial charge is 0.322 e. The van der Waals surface area contributed by atoms with Crippen molar-refractivity contribution >= 4 is 29.3 Å². The fraction of sp³-hybridized carbons (Fsp3) is 0.727. The Morgan fingerprint density at radius 1 is 1.28 bits per heavy atom. The first kappa shape index (κ1) is 15.3. The predicted octanol–water partition coefficient (Wildman–Crippen LogP) is 2.50. The molecule has 0 aliphatic rings. The fourth-order valence-corrected chi connectivity index (χ4v) is 2.15. The Kier molecular flexibility index (Phi) is 5.95. The maximum absolute atomic E-state index is 5.89. The number of aromatic nitrogens is 3. The van der Waals surface area contributed by atoms with Gasteiger partial charge in [-0.15, -0.1) is 0 Å². The van der Waals surface area contributed by atoms with Crippen molar-refractivity contribution in [2.75, 3.05) is 24.0 Å². The quantitative estimate of drug-likeness (QED) is 0.802. The highest BCUT2D eigenvalue weighted by Crippen LogP contribution is 2.17. The van der Waals surface area contributed by atoms with Gasteiger partial charge in [0.25, 0.3) is 0 Å². The van der Waals surface area contributed by atoms with Gasteiger partial charge in [-0.3, -0.25) is 0 Å². The van der Waals surface area contributed by atoms with E-state index in [1.807, 2.05) is 25.8 Å². The Morgan fingerprint density at radius 3 is 2.50 bits per heavy atom. The third kappa shape index (κ3) is 4.49. The summed E-state index contributed by atoms with van der Waals surface area (Å²) in [6.45, 7) is 5.94. The maximum Gasteiger partial charge on any atom is 0.322 e. The van der Waals surface area contributed by atoms with Crippen LogP contribution in [0.2, 0.25) is 5.28 Å². The minimum Gasteiger partial charge on any atom is -0.461 e. The average molecular weight is 291 g/mol. The van der Waals surface area contributed by atoms with E-state index in [0.717, 1.165) is 5.75 Å². The number of thioether (sulfide) groups is 1. The summed E-state index contributed by atoms with van der Waals surface area (Å²) in [5, 5.41) is 0.152. The average Bonchev–Trinajstić information content (AvgIpc) is 2.26. The number of hydrogen-bond donors (Lipinski definition) is 0. The fourth-order valence-electron chi connectivity index (χ4n) is 1.29. The van der Waals surface area contributed by atoms with Crippen molar-refractivity contribution in [3.63, 3.8) is 0 Å². The summed E-state index contributed by atoms with van der Waals surface area (Å²) in [4.78, 5) is 14.3. The van der Waals surface area contributed by atoms with Gasteiger partial charge in [0.1, 0.15) is 0 Å². The van der Waals surface area contributed by atoms with E-state index in [9.17, 15) is 0 Å². The molecule has 0 aromatic carbocycles.